The van der Waals surface area contributed by atoms with Crippen molar-refractivity contribution in [2.24, 2.45) is 0 Å². The topological polar surface area (TPSA) is 52.6 Å². The van der Waals surface area contributed by atoms with E-state index in [4.69, 9.17) is 0 Å². The van der Waals surface area contributed by atoms with E-state index in [-0.39, 0.29) is 11.7 Å². The Kier molecular flexibility index (Phi) is 6.15. The van der Waals surface area contributed by atoms with Crippen LogP contribution in [0.25, 0.3) is 0 Å². The van der Waals surface area contributed by atoms with E-state index < -0.39 is 0 Å². The number of hydrogen-bond donors (Lipinski definition) is 1. The van der Waals surface area contributed by atoms with Crippen LogP contribution >= 0.6 is 0 Å². The van der Waals surface area contributed by atoms with Crippen molar-refractivity contribution in [3.63, 3.8) is 0 Å². The molecule has 0 unspecified atom stereocenters. The maximum Gasteiger partial charge on any atom is 0.234 e. The summed E-state index contributed by atoms with van der Waals surface area (Å²) < 4.78 is 0. The molecule has 1 fully saturated rings. The van der Waals surface area contributed by atoms with Gasteiger partial charge in [0.1, 0.15) is 0 Å². The second kappa shape index (κ2) is 8.74. The molecule has 0 bridgehead atoms. The zero-order valence-electron chi connectivity index (χ0n) is 15.1. The fourth-order valence-corrected chi connectivity index (χ4v) is 3.00. The molecule has 1 heterocycles. The van der Waals surface area contributed by atoms with E-state index in [1.165, 1.54) is 0 Å². The number of likely N-dealkylation sites (N-methyl/N-ethyl adjacent to an activating group) is 1. The minimum Gasteiger partial charge on any atom is -0.351 e. The molecule has 0 aromatic heterocycles. The molecule has 2 aromatic carbocycles. The molecular weight excluding hydrogens is 326 g/mol. The van der Waals surface area contributed by atoms with Gasteiger partial charge >= 0.3 is 0 Å². The molecule has 0 spiro atoms. The number of hydrogen-bond acceptors (Lipinski definition) is 4. The fraction of sp³-hybridized carbons (Fsp3) is 0.333. The summed E-state index contributed by atoms with van der Waals surface area (Å²) in [4.78, 5) is 28.9. The highest BCUT2D eigenvalue weighted by Crippen LogP contribution is 2.11. The summed E-state index contributed by atoms with van der Waals surface area (Å²) in [5, 5.41) is 2.96. The third kappa shape index (κ3) is 5.00. The van der Waals surface area contributed by atoms with E-state index >= 15 is 0 Å². The van der Waals surface area contributed by atoms with E-state index in [1.807, 2.05) is 54.6 Å². The molecule has 0 radical (unpaired) electrons. The summed E-state index contributed by atoms with van der Waals surface area (Å²) >= 11 is 0. The number of rotatable bonds is 6. The normalized spacial score (nSPS) is 15.6. The van der Waals surface area contributed by atoms with Crippen molar-refractivity contribution in [3.05, 3.63) is 71.3 Å². The van der Waals surface area contributed by atoms with Crippen LogP contribution in [0, 0.1) is 0 Å². The molecular formula is C21H25N3O2. The SMILES string of the molecule is CN1CCN(CC(=O)NCc2ccc(C(=O)c3ccccc3)cc2)CC1. The van der Waals surface area contributed by atoms with Gasteiger partial charge in [-0.15, -0.1) is 0 Å². The lowest BCUT2D eigenvalue weighted by molar-refractivity contribution is -0.122. The highest BCUT2D eigenvalue weighted by molar-refractivity contribution is 6.08. The van der Waals surface area contributed by atoms with E-state index in [9.17, 15) is 9.59 Å². The van der Waals surface area contributed by atoms with Crippen LogP contribution in [0.2, 0.25) is 0 Å². The summed E-state index contributed by atoms with van der Waals surface area (Å²) in [5.41, 5.74) is 2.32. The molecule has 26 heavy (non-hydrogen) atoms. The van der Waals surface area contributed by atoms with Crippen LogP contribution in [0.4, 0.5) is 0 Å². The van der Waals surface area contributed by atoms with E-state index in [1.54, 1.807) is 0 Å². The summed E-state index contributed by atoms with van der Waals surface area (Å²) in [7, 11) is 2.10. The van der Waals surface area contributed by atoms with Crippen LogP contribution in [0.3, 0.4) is 0 Å². The number of carbonyl (C=O) groups excluding carboxylic acids is 2. The molecule has 136 valence electrons. The van der Waals surface area contributed by atoms with Gasteiger partial charge in [0.2, 0.25) is 5.91 Å². The molecule has 3 rings (SSSR count). The molecule has 0 saturated carbocycles. The van der Waals surface area contributed by atoms with E-state index in [2.05, 4.69) is 22.2 Å². The number of nitrogens with one attached hydrogen (secondary N) is 1. The van der Waals surface area contributed by atoms with Crippen LogP contribution < -0.4 is 5.32 Å². The molecule has 0 atom stereocenters. The smallest absolute Gasteiger partial charge is 0.234 e. The van der Waals surface area contributed by atoms with Crippen LogP contribution in [0.15, 0.2) is 54.6 Å². The number of benzene rings is 2. The number of amides is 1. The van der Waals surface area contributed by atoms with Crippen molar-refractivity contribution in [3.8, 4) is 0 Å². The highest BCUT2D eigenvalue weighted by Gasteiger charge is 2.16. The maximum absolute atomic E-state index is 12.4. The lowest BCUT2D eigenvalue weighted by Gasteiger charge is -2.31. The first-order valence-electron chi connectivity index (χ1n) is 8.98. The highest BCUT2D eigenvalue weighted by atomic mass is 16.2. The maximum atomic E-state index is 12.4. The van der Waals surface area contributed by atoms with Gasteiger partial charge in [-0.25, -0.2) is 0 Å². The van der Waals surface area contributed by atoms with Crippen LogP contribution in [0.5, 0.6) is 0 Å². The predicted molar refractivity (Wildman–Crippen MR) is 102 cm³/mol. The van der Waals surface area contributed by atoms with Crippen molar-refractivity contribution < 1.29 is 9.59 Å². The van der Waals surface area contributed by atoms with Crippen molar-refractivity contribution >= 4 is 11.7 Å². The van der Waals surface area contributed by atoms with Gasteiger partial charge in [-0.05, 0) is 12.6 Å². The predicted octanol–water partition coefficient (Wildman–Crippen LogP) is 1.78. The first-order valence-corrected chi connectivity index (χ1v) is 8.98. The Hall–Kier alpha value is -2.50. The largest absolute Gasteiger partial charge is 0.351 e. The number of ketones is 1. The third-order valence-corrected chi connectivity index (χ3v) is 4.70. The monoisotopic (exact) mass is 351 g/mol. The zero-order valence-corrected chi connectivity index (χ0v) is 15.1. The minimum atomic E-state index is 0.0104. The summed E-state index contributed by atoms with van der Waals surface area (Å²) in [6.07, 6.45) is 0. The second-order valence-corrected chi connectivity index (χ2v) is 6.75. The molecule has 1 aliphatic rings. The van der Waals surface area contributed by atoms with Gasteiger partial charge in [0.05, 0.1) is 6.54 Å². The summed E-state index contributed by atoms with van der Waals surface area (Å²) in [6.45, 7) is 4.79. The lowest BCUT2D eigenvalue weighted by atomic mass is 10.0. The van der Waals surface area contributed by atoms with Crippen molar-refractivity contribution in [2.45, 2.75) is 6.54 Å². The summed E-state index contributed by atoms with van der Waals surface area (Å²) in [5.74, 6) is 0.0512. The molecule has 5 nitrogen and oxygen atoms in total. The van der Waals surface area contributed by atoms with Crippen molar-refractivity contribution in [1.29, 1.82) is 0 Å². The van der Waals surface area contributed by atoms with Crippen LogP contribution in [-0.2, 0) is 11.3 Å². The quantitative estimate of drug-likeness (QED) is 0.806. The number of piperazine rings is 1. The second-order valence-electron chi connectivity index (χ2n) is 6.75. The molecule has 1 N–H and O–H groups in total. The lowest BCUT2D eigenvalue weighted by Crippen LogP contribution is -2.48. The van der Waals surface area contributed by atoms with Crippen LogP contribution in [0.1, 0.15) is 21.5 Å². The Morgan fingerprint density at radius 1 is 0.885 bits per heavy atom. The van der Waals surface area contributed by atoms with E-state index in [0.29, 0.717) is 24.2 Å². The van der Waals surface area contributed by atoms with Gasteiger partial charge in [0.15, 0.2) is 5.78 Å². The Balaban J connectivity index is 1.48. The molecule has 2 aromatic rings. The Morgan fingerprint density at radius 3 is 2.15 bits per heavy atom. The fourth-order valence-electron chi connectivity index (χ4n) is 3.00. The first-order chi connectivity index (χ1) is 12.6. The summed E-state index contributed by atoms with van der Waals surface area (Å²) in [6, 6.07) is 16.7. The van der Waals surface area contributed by atoms with Gasteiger partial charge in [-0.3, -0.25) is 14.5 Å². The van der Waals surface area contributed by atoms with Gasteiger partial charge in [0, 0.05) is 43.9 Å². The molecule has 5 heteroatoms. The standard InChI is InChI=1S/C21H25N3O2/c1-23-11-13-24(14-12-23)16-20(25)22-15-17-7-9-19(10-8-17)21(26)18-5-3-2-4-6-18/h2-10H,11-16H2,1H3,(H,22,25). The van der Waals surface area contributed by atoms with Gasteiger partial charge in [-0.1, -0.05) is 54.6 Å². The third-order valence-electron chi connectivity index (χ3n) is 4.70. The van der Waals surface area contributed by atoms with Crippen LogP contribution in [-0.4, -0.2) is 61.3 Å². The van der Waals surface area contributed by atoms with Crippen molar-refractivity contribution in [1.82, 2.24) is 15.1 Å². The molecule has 1 saturated heterocycles. The average molecular weight is 351 g/mol. The average Bonchev–Trinajstić information content (AvgIpc) is 2.69. The molecule has 1 aliphatic heterocycles. The van der Waals surface area contributed by atoms with Gasteiger partial charge < -0.3 is 10.2 Å². The Morgan fingerprint density at radius 2 is 1.50 bits per heavy atom. The minimum absolute atomic E-state index is 0.0104. The van der Waals surface area contributed by atoms with E-state index in [0.717, 1.165) is 31.7 Å². The van der Waals surface area contributed by atoms with Gasteiger partial charge in [0.25, 0.3) is 0 Å². The van der Waals surface area contributed by atoms with Crippen molar-refractivity contribution in [2.75, 3.05) is 39.8 Å². The Labute approximate surface area is 154 Å². The molecule has 1 amide bonds. The number of carbonyl (C=O) groups is 2. The first kappa shape index (κ1) is 18.3. The zero-order chi connectivity index (χ0) is 18.4. The van der Waals surface area contributed by atoms with Gasteiger partial charge in [-0.2, -0.15) is 0 Å². The molecule has 0 aliphatic carbocycles. The number of nitrogens with zero attached hydrogens (tertiary/aromatic N) is 2. The Bertz CT molecular complexity index is 736.